The van der Waals surface area contributed by atoms with E-state index in [4.69, 9.17) is 19.9 Å². The number of hydrogen-bond acceptors (Lipinski definition) is 8. The summed E-state index contributed by atoms with van der Waals surface area (Å²) in [6, 6.07) is 8.61. The highest BCUT2D eigenvalue weighted by Gasteiger charge is 2.23. The minimum Gasteiger partial charge on any atom is -0.493 e. The highest BCUT2D eigenvalue weighted by molar-refractivity contribution is 5.85. The third-order valence-corrected chi connectivity index (χ3v) is 4.01. The largest absolute Gasteiger partial charge is 0.493 e. The van der Waals surface area contributed by atoms with Gasteiger partial charge < -0.3 is 24.9 Å². The number of pyridine rings is 1. The van der Waals surface area contributed by atoms with E-state index in [1.807, 2.05) is 12.1 Å². The van der Waals surface area contributed by atoms with Gasteiger partial charge in [-0.15, -0.1) is 0 Å². The Morgan fingerprint density at radius 3 is 2.59 bits per heavy atom. The van der Waals surface area contributed by atoms with Crippen molar-refractivity contribution in [3.05, 3.63) is 39.7 Å². The Morgan fingerprint density at radius 2 is 1.97 bits per heavy atom. The number of carbonyl (C=O) groups excluding carboxylic acids is 1. The molecule has 0 aliphatic rings. The van der Waals surface area contributed by atoms with Crippen LogP contribution >= 0.6 is 0 Å². The molecule has 150 valence electrons. The quantitative estimate of drug-likeness (QED) is 0.508. The molecule has 0 atom stereocenters. The smallest absolute Gasteiger partial charge is 0.305 e. The number of H-pyrrole nitrogens is 1. The molecule has 3 N–H and O–H groups in total. The molecule has 1 aromatic heterocycles. The van der Waals surface area contributed by atoms with Crippen molar-refractivity contribution in [3.8, 4) is 34.8 Å². The number of aromatic amines is 1. The molecule has 2 aromatic rings. The van der Waals surface area contributed by atoms with E-state index in [2.05, 4.69) is 4.98 Å². The predicted molar refractivity (Wildman–Crippen MR) is 104 cm³/mol. The summed E-state index contributed by atoms with van der Waals surface area (Å²) in [6.45, 7) is 2.17. The lowest BCUT2D eigenvalue weighted by molar-refractivity contribution is -0.143. The van der Waals surface area contributed by atoms with Crippen molar-refractivity contribution in [2.24, 2.45) is 0 Å². The molecule has 29 heavy (non-hydrogen) atoms. The minimum atomic E-state index is -0.713. The van der Waals surface area contributed by atoms with Crippen LogP contribution in [-0.2, 0) is 9.53 Å². The number of rotatable bonds is 8. The Bertz CT molecular complexity index is 1050. The van der Waals surface area contributed by atoms with Crippen LogP contribution in [0, 0.1) is 22.7 Å². The first-order valence-electron chi connectivity index (χ1n) is 8.80. The number of carbonyl (C=O) groups is 1. The van der Waals surface area contributed by atoms with Crippen LogP contribution in [0.5, 0.6) is 11.5 Å². The summed E-state index contributed by atoms with van der Waals surface area (Å²) in [5.41, 5.74) is 5.14. The normalized spacial score (nSPS) is 9.93. The Labute approximate surface area is 167 Å². The lowest BCUT2D eigenvalue weighted by atomic mass is 9.95. The van der Waals surface area contributed by atoms with E-state index in [1.165, 1.54) is 7.11 Å². The molecule has 0 fully saturated rings. The second kappa shape index (κ2) is 9.81. The molecule has 9 heteroatoms. The lowest BCUT2D eigenvalue weighted by Crippen LogP contribution is -2.16. The van der Waals surface area contributed by atoms with Crippen LogP contribution in [0.15, 0.2) is 23.0 Å². The zero-order valence-corrected chi connectivity index (χ0v) is 16.1. The highest BCUT2D eigenvalue weighted by Crippen LogP contribution is 2.41. The summed E-state index contributed by atoms with van der Waals surface area (Å²) in [5.74, 6) is 0.0851. The van der Waals surface area contributed by atoms with E-state index >= 15 is 0 Å². The van der Waals surface area contributed by atoms with Gasteiger partial charge in [-0.05, 0) is 19.4 Å². The molecule has 0 radical (unpaired) electrons. The van der Waals surface area contributed by atoms with Crippen LogP contribution in [0.3, 0.4) is 0 Å². The summed E-state index contributed by atoms with van der Waals surface area (Å²) in [7, 11) is 1.44. The van der Waals surface area contributed by atoms with Crippen LogP contribution < -0.4 is 20.8 Å². The SMILES string of the molecule is CCOC(=O)CCCOc1c(OC)cccc1-c1c(C#N)c(N)[nH]c(=O)c1C#N. The number of nitrogen functional groups attached to an aromatic ring is 1. The molecule has 1 heterocycles. The van der Waals surface area contributed by atoms with Crippen molar-refractivity contribution in [1.82, 2.24) is 4.98 Å². The summed E-state index contributed by atoms with van der Waals surface area (Å²) < 4.78 is 16.0. The Balaban J connectivity index is 2.51. The molecule has 0 spiro atoms. The van der Waals surface area contributed by atoms with Crippen LogP contribution in [0.2, 0.25) is 0 Å². The number of nitrogens with one attached hydrogen (secondary N) is 1. The number of esters is 1. The zero-order chi connectivity index (χ0) is 21.4. The van der Waals surface area contributed by atoms with Crippen molar-refractivity contribution in [2.45, 2.75) is 19.8 Å². The zero-order valence-electron chi connectivity index (χ0n) is 16.1. The van der Waals surface area contributed by atoms with Crippen LogP contribution in [0.1, 0.15) is 30.9 Å². The molecular weight excluding hydrogens is 376 g/mol. The molecule has 0 aliphatic carbocycles. The molecule has 0 unspecified atom stereocenters. The Hall–Kier alpha value is -3.98. The van der Waals surface area contributed by atoms with Crippen molar-refractivity contribution < 1.29 is 19.0 Å². The molecule has 0 saturated heterocycles. The second-order valence-corrected chi connectivity index (χ2v) is 5.81. The molecule has 0 amide bonds. The number of nitrogens with two attached hydrogens (primary N) is 1. The molecular formula is C20H20N4O5. The van der Waals surface area contributed by atoms with Crippen LogP contribution in [0.4, 0.5) is 5.82 Å². The fraction of sp³-hybridized carbons (Fsp3) is 0.300. The van der Waals surface area contributed by atoms with Gasteiger partial charge in [0.25, 0.3) is 5.56 Å². The van der Waals surface area contributed by atoms with Gasteiger partial charge in [0, 0.05) is 17.5 Å². The second-order valence-electron chi connectivity index (χ2n) is 5.81. The number of ether oxygens (including phenoxy) is 3. The maximum absolute atomic E-state index is 12.2. The Morgan fingerprint density at radius 1 is 1.24 bits per heavy atom. The highest BCUT2D eigenvalue weighted by atomic mass is 16.5. The summed E-state index contributed by atoms with van der Waals surface area (Å²) in [4.78, 5) is 26.0. The van der Waals surface area contributed by atoms with Gasteiger partial charge in [-0.2, -0.15) is 10.5 Å². The fourth-order valence-corrected chi connectivity index (χ4v) is 2.76. The third kappa shape index (κ3) is 4.66. The van der Waals surface area contributed by atoms with E-state index in [9.17, 15) is 20.1 Å². The van der Waals surface area contributed by atoms with Gasteiger partial charge in [0.05, 0.1) is 20.3 Å². The van der Waals surface area contributed by atoms with E-state index in [-0.39, 0.29) is 47.3 Å². The number of methoxy groups -OCH3 is 1. The summed E-state index contributed by atoms with van der Waals surface area (Å²) in [5, 5.41) is 19.0. The molecule has 1 aromatic carbocycles. The van der Waals surface area contributed by atoms with Crippen LogP contribution in [-0.4, -0.2) is 31.3 Å². The van der Waals surface area contributed by atoms with Crippen molar-refractivity contribution >= 4 is 11.8 Å². The minimum absolute atomic E-state index is 0.0502. The number of nitriles is 2. The summed E-state index contributed by atoms with van der Waals surface area (Å²) in [6.07, 6.45) is 0.549. The van der Waals surface area contributed by atoms with Crippen molar-refractivity contribution in [2.75, 3.05) is 26.1 Å². The lowest BCUT2D eigenvalue weighted by Gasteiger charge is -2.17. The maximum Gasteiger partial charge on any atom is 0.305 e. The average Bonchev–Trinajstić information content (AvgIpc) is 2.70. The van der Waals surface area contributed by atoms with Gasteiger partial charge in [-0.3, -0.25) is 9.59 Å². The fourth-order valence-electron chi connectivity index (χ4n) is 2.76. The first-order chi connectivity index (χ1) is 14.0. The van der Waals surface area contributed by atoms with E-state index < -0.39 is 5.56 Å². The number of benzene rings is 1. The number of hydrogen-bond donors (Lipinski definition) is 2. The molecule has 0 aliphatic heterocycles. The van der Waals surface area contributed by atoms with Crippen molar-refractivity contribution in [3.63, 3.8) is 0 Å². The monoisotopic (exact) mass is 396 g/mol. The van der Waals surface area contributed by atoms with Crippen molar-refractivity contribution in [1.29, 1.82) is 10.5 Å². The topological polar surface area (TPSA) is 151 Å². The predicted octanol–water partition coefficient (Wildman–Crippen LogP) is 2.10. The van der Waals surface area contributed by atoms with Gasteiger partial charge in [0.2, 0.25) is 0 Å². The average molecular weight is 396 g/mol. The number of aromatic nitrogens is 1. The molecule has 0 saturated carbocycles. The first kappa shape index (κ1) is 21.3. The Kier molecular flexibility index (Phi) is 7.21. The van der Waals surface area contributed by atoms with Gasteiger partial charge >= 0.3 is 5.97 Å². The van der Waals surface area contributed by atoms with E-state index in [0.29, 0.717) is 24.3 Å². The molecule has 2 rings (SSSR count). The standard InChI is InChI=1S/C20H20N4O5/c1-3-28-16(25)8-5-9-29-18-12(6-4-7-15(18)27-2)17-13(10-21)19(23)24-20(26)14(17)11-22/h4,6-7H,3,5,8-9H2,1-2H3,(H3,23,24,26). The number of nitrogens with zero attached hydrogens (tertiary/aromatic N) is 2. The van der Waals surface area contributed by atoms with Gasteiger partial charge in [-0.1, -0.05) is 12.1 Å². The molecule has 9 nitrogen and oxygen atoms in total. The first-order valence-corrected chi connectivity index (χ1v) is 8.80. The van der Waals surface area contributed by atoms with Gasteiger partial charge in [0.15, 0.2) is 11.5 Å². The third-order valence-electron chi connectivity index (χ3n) is 4.01. The van der Waals surface area contributed by atoms with E-state index in [0.717, 1.165) is 0 Å². The van der Waals surface area contributed by atoms with Crippen LogP contribution in [0.25, 0.3) is 11.1 Å². The summed E-state index contributed by atoms with van der Waals surface area (Å²) >= 11 is 0. The van der Waals surface area contributed by atoms with E-state index in [1.54, 1.807) is 25.1 Å². The van der Waals surface area contributed by atoms with Gasteiger partial charge in [0.1, 0.15) is 29.1 Å². The molecule has 0 bridgehead atoms. The number of anilines is 1. The maximum atomic E-state index is 12.2. The van der Waals surface area contributed by atoms with Gasteiger partial charge in [-0.25, -0.2) is 0 Å². The number of para-hydroxylation sites is 1.